The van der Waals surface area contributed by atoms with Crippen molar-refractivity contribution < 1.29 is 14.4 Å². The molecule has 0 aliphatic carbocycles. The lowest BCUT2D eigenvalue weighted by Gasteiger charge is -2.27. The maximum atomic E-state index is 15.1. The zero-order valence-corrected chi connectivity index (χ0v) is 50.2. The zero-order valence-electron chi connectivity index (χ0n) is 50.2. The van der Waals surface area contributed by atoms with Crippen LogP contribution in [0, 0.1) is 41.5 Å². The molecule has 12 rings (SSSR count). The molecule has 12 aromatic carbocycles. The molecule has 0 bridgehead atoms. The summed E-state index contributed by atoms with van der Waals surface area (Å²) < 4.78 is 0. The Morgan fingerprint density at radius 3 is 0.466 bits per heavy atom. The minimum absolute atomic E-state index is 0.167. The molecule has 0 amide bonds. The zero-order chi connectivity index (χ0) is 60.8. The van der Waals surface area contributed by atoms with Crippen LogP contribution >= 0.6 is 0 Å². The van der Waals surface area contributed by atoms with Crippen molar-refractivity contribution in [2.24, 2.45) is 0 Å². The van der Waals surface area contributed by atoms with E-state index < -0.39 is 0 Å². The number of ketones is 3. The largest absolute Gasteiger partial charge is 0.310 e. The second kappa shape index (κ2) is 25.2. The first kappa shape index (κ1) is 57.3. The van der Waals surface area contributed by atoms with Gasteiger partial charge in [-0.2, -0.15) is 0 Å². The Morgan fingerprint density at radius 1 is 0.182 bits per heavy atom. The molecule has 0 aliphatic rings. The van der Waals surface area contributed by atoms with Crippen LogP contribution in [0.25, 0.3) is 0 Å². The smallest absolute Gasteiger partial charge is 0.193 e. The number of anilines is 12. The van der Waals surface area contributed by atoms with Crippen molar-refractivity contribution in [1.29, 1.82) is 0 Å². The van der Waals surface area contributed by atoms with Crippen LogP contribution in [-0.4, -0.2) is 17.3 Å². The number of carbonyl (C=O) groups excluding carboxylic acids is 3. The highest BCUT2D eigenvalue weighted by Crippen LogP contribution is 2.41. The van der Waals surface area contributed by atoms with Gasteiger partial charge in [0, 0.05) is 102 Å². The summed E-state index contributed by atoms with van der Waals surface area (Å²) in [5, 5.41) is 0. The van der Waals surface area contributed by atoms with Gasteiger partial charge in [-0.05, 0) is 187 Å². The second-order valence-corrected chi connectivity index (χ2v) is 22.6. The number of benzene rings is 12. The van der Waals surface area contributed by atoms with Crippen molar-refractivity contribution in [1.82, 2.24) is 0 Å². The molecular weight excluding hydrogens is 1080 g/mol. The number of hydrogen-bond acceptors (Lipinski definition) is 7. The summed E-state index contributed by atoms with van der Waals surface area (Å²) in [4.78, 5) is 53.7. The lowest BCUT2D eigenvalue weighted by atomic mass is 9.99. The van der Waals surface area contributed by atoms with Crippen molar-refractivity contribution in [3.05, 3.63) is 358 Å². The third-order valence-corrected chi connectivity index (χ3v) is 16.0. The molecule has 0 unspecified atom stereocenters. The van der Waals surface area contributed by atoms with Gasteiger partial charge in [0.15, 0.2) is 17.3 Å². The van der Waals surface area contributed by atoms with Gasteiger partial charge in [-0.3, -0.25) is 14.4 Å². The van der Waals surface area contributed by atoms with Crippen LogP contribution in [0.2, 0.25) is 0 Å². The number of carbonyl (C=O) groups is 3. The molecular formula is C81H66N4O3. The Hall–Kier alpha value is -11.2. The Kier molecular flexibility index (Phi) is 16.4. The number of aryl methyl sites for hydroxylation is 6. The highest BCUT2D eigenvalue weighted by molar-refractivity contribution is 6.12. The normalized spacial score (nSPS) is 11.0. The number of nitrogens with zero attached hydrogens (tertiary/aromatic N) is 4. The van der Waals surface area contributed by atoms with Crippen molar-refractivity contribution in [3.8, 4) is 0 Å². The van der Waals surface area contributed by atoms with Gasteiger partial charge in [-0.1, -0.05) is 179 Å². The lowest BCUT2D eigenvalue weighted by molar-refractivity contribution is 0.103. The van der Waals surface area contributed by atoms with E-state index in [-0.39, 0.29) is 17.3 Å². The average molecular weight is 1140 g/mol. The molecule has 12 aromatic rings. The highest BCUT2D eigenvalue weighted by Gasteiger charge is 2.23. The summed E-state index contributed by atoms with van der Waals surface area (Å²) in [6, 6.07) is 96.2. The predicted molar refractivity (Wildman–Crippen MR) is 363 cm³/mol. The van der Waals surface area contributed by atoms with E-state index in [1.807, 2.05) is 150 Å². The van der Waals surface area contributed by atoms with Gasteiger partial charge >= 0.3 is 0 Å². The van der Waals surface area contributed by atoms with Crippen molar-refractivity contribution >= 4 is 85.6 Å². The third kappa shape index (κ3) is 12.5. The molecule has 0 radical (unpaired) electrons. The monoisotopic (exact) mass is 1140 g/mol. The molecule has 0 aromatic heterocycles. The molecule has 0 fully saturated rings. The Bertz CT molecular complexity index is 3900. The van der Waals surface area contributed by atoms with Crippen LogP contribution in [0.4, 0.5) is 68.2 Å². The summed E-state index contributed by atoms with van der Waals surface area (Å²) in [6.07, 6.45) is 0. The standard InChI is InChI=1S/C81H66N4O3/c1-55-25-37-67(38-26-55)82(68-39-27-56(2)28-40-68)73-19-7-13-61(49-73)79(86)64-16-10-22-76(52-64)85(77-23-11-17-65(53-77)80(87)62-14-8-20-74(50-62)83(69-41-29-57(3)30-42-69)70-43-31-58(4)32-44-70)78-24-12-18-66(54-78)81(88)63-15-9-21-75(51-63)84(71-45-33-59(5)34-46-71)72-47-35-60(6)36-48-72/h7-54H,1-6H3. The summed E-state index contributed by atoms with van der Waals surface area (Å²) >= 11 is 0. The van der Waals surface area contributed by atoms with Crippen LogP contribution in [0.5, 0.6) is 0 Å². The minimum atomic E-state index is -0.167. The van der Waals surface area contributed by atoms with Crippen molar-refractivity contribution in [2.45, 2.75) is 41.5 Å². The van der Waals surface area contributed by atoms with E-state index >= 15 is 14.4 Å². The van der Waals surface area contributed by atoms with Gasteiger partial charge in [0.1, 0.15) is 0 Å². The maximum absolute atomic E-state index is 15.1. The fraction of sp³-hybridized carbons (Fsp3) is 0.0741. The van der Waals surface area contributed by atoms with E-state index in [2.05, 4.69) is 202 Å². The molecule has 0 aliphatic heterocycles. The second-order valence-electron chi connectivity index (χ2n) is 22.6. The molecule has 0 N–H and O–H groups in total. The van der Waals surface area contributed by atoms with E-state index in [4.69, 9.17) is 0 Å². The molecule has 88 heavy (non-hydrogen) atoms. The van der Waals surface area contributed by atoms with Crippen molar-refractivity contribution in [2.75, 3.05) is 19.6 Å². The quantitative estimate of drug-likeness (QED) is 0.0793. The number of rotatable bonds is 18. The van der Waals surface area contributed by atoms with Gasteiger partial charge in [0.05, 0.1) is 0 Å². The summed E-state index contributed by atoms with van der Waals surface area (Å²) in [7, 11) is 0. The Morgan fingerprint density at radius 2 is 0.318 bits per heavy atom. The molecule has 428 valence electrons. The van der Waals surface area contributed by atoms with E-state index in [1.54, 1.807) is 0 Å². The first-order valence-corrected chi connectivity index (χ1v) is 29.7. The highest BCUT2D eigenvalue weighted by atomic mass is 16.1. The third-order valence-electron chi connectivity index (χ3n) is 16.0. The topological polar surface area (TPSA) is 64.2 Å². The van der Waals surface area contributed by atoms with Crippen LogP contribution in [-0.2, 0) is 0 Å². The molecule has 7 heteroatoms. The Labute approximate surface area is 516 Å². The molecule has 7 nitrogen and oxygen atoms in total. The Balaban J connectivity index is 0.933. The molecule has 0 heterocycles. The van der Waals surface area contributed by atoms with Gasteiger partial charge < -0.3 is 19.6 Å². The maximum Gasteiger partial charge on any atom is 0.193 e. The van der Waals surface area contributed by atoms with E-state index in [0.29, 0.717) is 50.4 Å². The van der Waals surface area contributed by atoms with Crippen LogP contribution < -0.4 is 19.6 Å². The fourth-order valence-electron chi connectivity index (χ4n) is 11.2. The van der Waals surface area contributed by atoms with Gasteiger partial charge in [-0.25, -0.2) is 0 Å². The first-order chi connectivity index (χ1) is 42.8. The van der Waals surface area contributed by atoms with E-state index in [1.165, 1.54) is 0 Å². The summed E-state index contributed by atoms with van der Waals surface area (Å²) in [5.74, 6) is -0.501. The SMILES string of the molecule is Cc1ccc(N(c2ccc(C)cc2)c2cccc(C(=O)c3cccc(N(c4cccc(C(=O)c5cccc(N(c6ccc(C)cc6)c6ccc(C)cc6)c5)c4)c4cccc(C(=O)c5cccc(N(c6ccc(C)cc6)c6ccc(C)cc6)c5)c4)c3)c2)cc1. The average Bonchev–Trinajstić information content (AvgIpc) is 1.50. The van der Waals surface area contributed by atoms with Gasteiger partial charge in [-0.15, -0.1) is 0 Å². The van der Waals surface area contributed by atoms with Crippen molar-refractivity contribution in [3.63, 3.8) is 0 Å². The van der Waals surface area contributed by atoms with E-state index in [0.717, 1.165) is 84.6 Å². The first-order valence-electron chi connectivity index (χ1n) is 29.7. The van der Waals surface area contributed by atoms with Crippen LogP contribution in [0.15, 0.2) is 291 Å². The van der Waals surface area contributed by atoms with E-state index in [9.17, 15) is 0 Å². The molecule has 0 saturated carbocycles. The lowest BCUT2D eigenvalue weighted by Crippen LogP contribution is -2.14. The summed E-state index contributed by atoms with van der Waals surface area (Å²) in [5.41, 5.74) is 20.1. The van der Waals surface area contributed by atoms with Crippen LogP contribution in [0.3, 0.4) is 0 Å². The predicted octanol–water partition coefficient (Wildman–Crippen LogP) is 21.1. The van der Waals surface area contributed by atoms with Gasteiger partial charge in [0.2, 0.25) is 0 Å². The fourth-order valence-corrected chi connectivity index (χ4v) is 11.2. The molecule has 0 spiro atoms. The minimum Gasteiger partial charge on any atom is -0.310 e. The van der Waals surface area contributed by atoms with Crippen LogP contribution in [0.1, 0.15) is 81.1 Å². The number of hydrogen-bond donors (Lipinski definition) is 0. The summed E-state index contributed by atoms with van der Waals surface area (Å²) in [6.45, 7) is 12.4. The molecule has 0 saturated heterocycles. The molecule has 0 atom stereocenters. The van der Waals surface area contributed by atoms with Gasteiger partial charge in [0.25, 0.3) is 0 Å².